The van der Waals surface area contributed by atoms with E-state index < -0.39 is 0 Å². The molecule has 0 aliphatic heterocycles. The van der Waals surface area contributed by atoms with E-state index in [2.05, 4.69) is 33.1 Å². The lowest BCUT2D eigenvalue weighted by Crippen LogP contribution is -2.17. The van der Waals surface area contributed by atoms with E-state index in [9.17, 15) is 4.79 Å². The fourth-order valence-electron chi connectivity index (χ4n) is 2.14. The first-order chi connectivity index (χ1) is 12.0. The minimum absolute atomic E-state index is 0.273. The number of nitrogens with one attached hydrogen (secondary N) is 1. The van der Waals surface area contributed by atoms with E-state index in [1.165, 1.54) is 6.21 Å². The van der Waals surface area contributed by atoms with Crippen molar-refractivity contribution in [1.82, 2.24) is 5.43 Å². The fraction of sp³-hybridized carbons (Fsp3) is 0.0526. The molecule has 126 valence electrons. The lowest BCUT2D eigenvalue weighted by molar-refractivity contribution is 0.0955. The van der Waals surface area contributed by atoms with Crippen LogP contribution in [-0.2, 0) is 0 Å². The Balaban J connectivity index is 1.66. The van der Waals surface area contributed by atoms with Crippen LogP contribution in [0.3, 0.4) is 0 Å². The molecule has 0 spiro atoms. The number of halogens is 2. The summed E-state index contributed by atoms with van der Waals surface area (Å²) in [5, 5.41) is 4.62. The Labute approximate surface area is 164 Å². The number of hydrogen-bond acceptors (Lipinski definition) is 3. The van der Waals surface area contributed by atoms with Crippen LogP contribution >= 0.6 is 34.2 Å². The third-order valence-corrected chi connectivity index (χ3v) is 4.67. The van der Waals surface area contributed by atoms with Crippen LogP contribution in [0, 0.1) is 10.5 Å². The Morgan fingerprint density at radius 3 is 2.64 bits per heavy atom. The quantitative estimate of drug-likeness (QED) is 0.325. The molecule has 0 saturated heterocycles. The maximum atomic E-state index is 12.0. The number of rotatable bonds is 4. The van der Waals surface area contributed by atoms with Crippen molar-refractivity contribution in [2.24, 2.45) is 5.10 Å². The van der Waals surface area contributed by atoms with Crippen LogP contribution in [0.15, 0.2) is 64.1 Å². The first kappa shape index (κ1) is 17.7. The van der Waals surface area contributed by atoms with Gasteiger partial charge in [0, 0.05) is 19.7 Å². The van der Waals surface area contributed by atoms with Crippen molar-refractivity contribution < 1.29 is 9.21 Å². The van der Waals surface area contributed by atoms with Gasteiger partial charge >= 0.3 is 0 Å². The van der Waals surface area contributed by atoms with Gasteiger partial charge in [-0.05, 0) is 77.5 Å². The van der Waals surface area contributed by atoms with Crippen molar-refractivity contribution in [2.45, 2.75) is 6.92 Å². The number of nitrogens with zero attached hydrogens (tertiary/aromatic N) is 1. The Hall–Kier alpha value is -2.12. The van der Waals surface area contributed by atoms with Gasteiger partial charge in [-0.1, -0.05) is 23.7 Å². The molecular weight excluding hydrogens is 451 g/mol. The summed E-state index contributed by atoms with van der Waals surface area (Å²) in [7, 11) is 0. The van der Waals surface area contributed by atoms with Crippen LogP contribution in [0.4, 0.5) is 0 Å². The van der Waals surface area contributed by atoms with Crippen molar-refractivity contribution in [3.05, 3.63) is 80.1 Å². The van der Waals surface area contributed by atoms with Gasteiger partial charge in [0.2, 0.25) is 0 Å². The van der Waals surface area contributed by atoms with Crippen LogP contribution in [0.2, 0.25) is 5.02 Å². The number of hydrazone groups is 1. The van der Waals surface area contributed by atoms with E-state index in [0.717, 1.165) is 14.7 Å². The van der Waals surface area contributed by atoms with Crippen molar-refractivity contribution in [2.75, 3.05) is 0 Å². The molecule has 0 aliphatic rings. The second kappa shape index (κ2) is 7.84. The van der Waals surface area contributed by atoms with E-state index in [4.69, 9.17) is 16.0 Å². The molecule has 3 rings (SSSR count). The summed E-state index contributed by atoms with van der Waals surface area (Å²) < 4.78 is 6.77. The molecule has 6 heteroatoms. The van der Waals surface area contributed by atoms with Crippen molar-refractivity contribution in [1.29, 1.82) is 0 Å². The largest absolute Gasteiger partial charge is 0.455 e. The number of carbonyl (C=O) groups is 1. The highest BCUT2D eigenvalue weighted by Crippen LogP contribution is 2.26. The molecule has 1 N–H and O–H groups in total. The summed E-state index contributed by atoms with van der Waals surface area (Å²) in [5.41, 5.74) is 4.93. The molecule has 2 aromatic carbocycles. The molecule has 4 nitrogen and oxygen atoms in total. The number of hydrogen-bond donors (Lipinski definition) is 1. The molecule has 0 atom stereocenters. The van der Waals surface area contributed by atoms with Gasteiger partial charge in [0.25, 0.3) is 5.91 Å². The lowest BCUT2D eigenvalue weighted by Gasteiger charge is -2.01. The first-order valence-electron chi connectivity index (χ1n) is 7.48. The zero-order valence-electron chi connectivity index (χ0n) is 13.3. The van der Waals surface area contributed by atoms with Gasteiger partial charge in [-0.2, -0.15) is 5.10 Å². The third kappa shape index (κ3) is 4.49. The van der Waals surface area contributed by atoms with E-state index >= 15 is 0 Å². The van der Waals surface area contributed by atoms with Crippen LogP contribution in [0.25, 0.3) is 11.3 Å². The van der Waals surface area contributed by atoms with E-state index in [0.29, 0.717) is 22.1 Å². The fourth-order valence-corrected chi connectivity index (χ4v) is 2.68. The monoisotopic (exact) mass is 464 g/mol. The topological polar surface area (TPSA) is 54.6 Å². The van der Waals surface area contributed by atoms with Gasteiger partial charge in [0.15, 0.2) is 0 Å². The lowest BCUT2D eigenvalue weighted by atomic mass is 10.1. The average molecular weight is 465 g/mol. The normalized spacial score (nSPS) is 11.0. The van der Waals surface area contributed by atoms with Gasteiger partial charge in [0.05, 0.1) is 6.21 Å². The molecule has 0 radical (unpaired) electrons. The molecule has 0 aliphatic carbocycles. The third-order valence-electron chi connectivity index (χ3n) is 3.55. The predicted molar refractivity (Wildman–Crippen MR) is 108 cm³/mol. The number of amides is 1. The minimum Gasteiger partial charge on any atom is -0.455 e. The smallest absolute Gasteiger partial charge is 0.271 e. The summed E-state index contributed by atoms with van der Waals surface area (Å²) in [6, 6.07) is 16.6. The highest BCUT2D eigenvalue weighted by molar-refractivity contribution is 14.1. The average Bonchev–Trinajstić information content (AvgIpc) is 3.07. The van der Waals surface area contributed by atoms with E-state index in [1.807, 2.05) is 43.3 Å². The summed E-state index contributed by atoms with van der Waals surface area (Å²) >= 11 is 8.33. The molecule has 0 saturated carbocycles. The van der Waals surface area contributed by atoms with Crippen LogP contribution in [0.1, 0.15) is 21.7 Å². The Morgan fingerprint density at radius 1 is 1.16 bits per heavy atom. The van der Waals surface area contributed by atoms with Gasteiger partial charge < -0.3 is 4.42 Å². The highest BCUT2D eigenvalue weighted by atomic mass is 127. The van der Waals surface area contributed by atoms with Gasteiger partial charge in [-0.3, -0.25) is 4.79 Å². The SMILES string of the molecule is Cc1ccc(-c2ccc(/C=N/NC(=O)c3ccc(I)cc3)o2)cc1Cl. The number of carbonyl (C=O) groups excluding carboxylic acids is 1. The van der Waals surface area contributed by atoms with Gasteiger partial charge in [-0.25, -0.2) is 5.43 Å². The second-order valence-electron chi connectivity index (χ2n) is 5.37. The molecule has 1 amide bonds. The molecule has 25 heavy (non-hydrogen) atoms. The Bertz CT molecular complexity index is 933. The minimum atomic E-state index is -0.273. The predicted octanol–water partition coefficient (Wildman–Crippen LogP) is 5.28. The highest BCUT2D eigenvalue weighted by Gasteiger charge is 2.06. The molecule has 1 aromatic heterocycles. The first-order valence-corrected chi connectivity index (χ1v) is 8.94. The maximum Gasteiger partial charge on any atom is 0.271 e. The van der Waals surface area contributed by atoms with Crippen molar-refractivity contribution in [3.63, 3.8) is 0 Å². The summed E-state index contributed by atoms with van der Waals surface area (Å²) in [5.74, 6) is 0.951. The Morgan fingerprint density at radius 2 is 1.92 bits per heavy atom. The molecule has 3 aromatic rings. The van der Waals surface area contributed by atoms with Crippen molar-refractivity contribution in [3.8, 4) is 11.3 Å². The molecule has 1 heterocycles. The molecule has 0 bridgehead atoms. The Kier molecular flexibility index (Phi) is 5.55. The zero-order valence-corrected chi connectivity index (χ0v) is 16.2. The number of furan rings is 1. The second-order valence-corrected chi connectivity index (χ2v) is 7.02. The summed E-state index contributed by atoms with van der Waals surface area (Å²) in [6.45, 7) is 1.95. The standard InChI is InChI=1S/C19H14ClIN2O2/c1-12-2-3-14(10-17(12)20)18-9-8-16(25-18)11-22-23-19(24)13-4-6-15(21)7-5-13/h2-11H,1H3,(H,23,24)/b22-11+. The van der Waals surface area contributed by atoms with Crippen LogP contribution < -0.4 is 5.43 Å². The van der Waals surface area contributed by atoms with Crippen LogP contribution in [-0.4, -0.2) is 12.1 Å². The molecular formula is C19H14ClIN2O2. The number of aryl methyl sites for hydroxylation is 1. The van der Waals surface area contributed by atoms with E-state index in [1.54, 1.807) is 18.2 Å². The summed E-state index contributed by atoms with van der Waals surface area (Å²) in [6.07, 6.45) is 1.46. The maximum absolute atomic E-state index is 12.0. The van der Waals surface area contributed by atoms with E-state index in [-0.39, 0.29) is 5.91 Å². The molecule has 0 unspecified atom stereocenters. The number of benzene rings is 2. The van der Waals surface area contributed by atoms with Gasteiger partial charge in [0.1, 0.15) is 11.5 Å². The van der Waals surface area contributed by atoms with Crippen LogP contribution in [0.5, 0.6) is 0 Å². The zero-order chi connectivity index (χ0) is 17.8. The summed E-state index contributed by atoms with van der Waals surface area (Å²) in [4.78, 5) is 12.0. The van der Waals surface area contributed by atoms with Gasteiger partial charge in [-0.15, -0.1) is 0 Å². The molecule has 0 fully saturated rings. The van der Waals surface area contributed by atoms with Crippen molar-refractivity contribution >= 4 is 46.3 Å².